The van der Waals surface area contributed by atoms with Gasteiger partial charge in [0.1, 0.15) is 0 Å². The van der Waals surface area contributed by atoms with Crippen molar-refractivity contribution in [1.29, 1.82) is 0 Å². The third kappa shape index (κ3) is 3.21. The van der Waals surface area contributed by atoms with Gasteiger partial charge in [-0.25, -0.2) is 0 Å². The largest absolute Gasteiger partial charge is 0.349 e. The first-order valence-corrected chi connectivity index (χ1v) is 4.85. The van der Waals surface area contributed by atoms with E-state index in [2.05, 4.69) is 31.2 Å². The van der Waals surface area contributed by atoms with Crippen LogP contribution in [0.4, 0.5) is 0 Å². The lowest BCUT2D eigenvalue weighted by Gasteiger charge is -2.09. The van der Waals surface area contributed by atoms with E-state index in [4.69, 9.17) is 0 Å². The predicted octanol–water partition coefficient (Wildman–Crippen LogP) is 2.02. The molecule has 0 unspecified atom stereocenters. The third-order valence-corrected chi connectivity index (χ3v) is 2.25. The van der Waals surface area contributed by atoms with Crippen LogP contribution in [0.2, 0.25) is 0 Å². The molecule has 2 nitrogen and oxygen atoms in total. The van der Waals surface area contributed by atoms with Crippen molar-refractivity contribution < 1.29 is 4.79 Å². The maximum Gasteiger partial charge on any atom is 0.222 e. The van der Waals surface area contributed by atoms with E-state index in [-0.39, 0.29) is 5.91 Å². The van der Waals surface area contributed by atoms with E-state index in [1.165, 1.54) is 11.1 Å². The molecule has 1 aromatic carbocycles. The summed E-state index contributed by atoms with van der Waals surface area (Å²) >= 11 is 0. The van der Waals surface area contributed by atoms with Crippen LogP contribution in [0, 0.1) is 6.92 Å². The van der Waals surface area contributed by atoms with Crippen LogP contribution in [0.1, 0.15) is 17.5 Å². The highest BCUT2D eigenvalue weighted by Gasteiger charge is 2.03. The molecule has 0 saturated heterocycles. The molecule has 0 heterocycles. The average molecular weight is 191 g/mol. The highest BCUT2D eigenvalue weighted by Crippen LogP contribution is 2.06. The Balaban J connectivity index is 2.46. The third-order valence-electron chi connectivity index (χ3n) is 2.25. The van der Waals surface area contributed by atoms with Gasteiger partial charge in [0.05, 0.1) is 0 Å². The molecule has 0 N–H and O–H groups in total. The molecule has 1 amide bonds. The molecule has 2 heteroatoms. The van der Waals surface area contributed by atoms with E-state index in [1.54, 1.807) is 19.0 Å². The van der Waals surface area contributed by atoms with Gasteiger partial charge in [0, 0.05) is 20.5 Å². The van der Waals surface area contributed by atoms with Crippen LogP contribution in [0.3, 0.4) is 0 Å². The summed E-state index contributed by atoms with van der Waals surface area (Å²) in [6, 6.07) is 8.32. The normalized spacial score (nSPS) is 9.93. The highest BCUT2D eigenvalue weighted by molar-refractivity contribution is 5.75. The molecule has 0 aliphatic rings. The lowest BCUT2D eigenvalue weighted by Crippen LogP contribution is -2.21. The minimum Gasteiger partial charge on any atom is -0.349 e. The van der Waals surface area contributed by atoms with Crippen LogP contribution >= 0.6 is 0 Å². The smallest absolute Gasteiger partial charge is 0.222 e. The quantitative estimate of drug-likeness (QED) is 0.715. The molecule has 1 aromatic rings. The fourth-order valence-corrected chi connectivity index (χ4v) is 1.23. The molecule has 0 spiro atoms. The van der Waals surface area contributed by atoms with Crippen LogP contribution in [0.25, 0.3) is 0 Å². The maximum absolute atomic E-state index is 11.3. The van der Waals surface area contributed by atoms with Crippen LogP contribution in [0.5, 0.6) is 0 Å². The van der Waals surface area contributed by atoms with Gasteiger partial charge >= 0.3 is 0 Å². The Kier molecular flexibility index (Phi) is 3.69. The molecule has 0 radical (unpaired) electrons. The summed E-state index contributed by atoms with van der Waals surface area (Å²) in [6.07, 6.45) is 1.42. The zero-order valence-corrected chi connectivity index (χ0v) is 9.08. The summed E-state index contributed by atoms with van der Waals surface area (Å²) in [5, 5.41) is 0. The van der Waals surface area contributed by atoms with Crippen LogP contribution in [0.15, 0.2) is 24.3 Å². The SMILES string of the molecule is Cc1ccc(CCC(=O)N(C)C)cc1. The standard InChI is InChI=1S/C12H17NO/c1-10-4-6-11(7-5-10)8-9-12(14)13(2)3/h4-7H,8-9H2,1-3H3. The van der Waals surface area contributed by atoms with E-state index < -0.39 is 0 Å². The van der Waals surface area contributed by atoms with E-state index >= 15 is 0 Å². The zero-order chi connectivity index (χ0) is 10.6. The molecule has 0 fully saturated rings. The Bertz CT molecular complexity index is 301. The first kappa shape index (κ1) is 10.8. The highest BCUT2D eigenvalue weighted by atomic mass is 16.2. The van der Waals surface area contributed by atoms with E-state index in [1.807, 2.05) is 0 Å². The maximum atomic E-state index is 11.3. The second-order valence-electron chi connectivity index (χ2n) is 3.77. The molecule has 0 aromatic heterocycles. The van der Waals surface area contributed by atoms with Crippen molar-refractivity contribution in [3.05, 3.63) is 35.4 Å². The van der Waals surface area contributed by atoms with Crippen molar-refractivity contribution in [2.24, 2.45) is 0 Å². The lowest BCUT2D eigenvalue weighted by atomic mass is 10.1. The van der Waals surface area contributed by atoms with Crippen molar-refractivity contribution in [3.63, 3.8) is 0 Å². The summed E-state index contributed by atoms with van der Waals surface area (Å²) < 4.78 is 0. The Labute approximate surface area is 85.5 Å². The fraction of sp³-hybridized carbons (Fsp3) is 0.417. The summed E-state index contributed by atoms with van der Waals surface area (Å²) in [4.78, 5) is 12.9. The second kappa shape index (κ2) is 4.80. The van der Waals surface area contributed by atoms with Gasteiger partial charge in [0.2, 0.25) is 5.91 Å². The Morgan fingerprint density at radius 1 is 1.21 bits per heavy atom. The van der Waals surface area contributed by atoms with Crippen molar-refractivity contribution in [2.45, 2.75) is 19.8 Å². The summed E-state index contributed by atoms with van der Waals surface area (Å²) in [5.41, 5.74) is 2.48. The molecule has 0 atom stereocenters. The number of hydrogen-bond acceptors (Lipinski definition) is 1. The summed E-state index contributed by atoms with van der Waals surface area (Å²) in [7, 11) is 3.58. The van der Waals surface area contributed by atoms with Crippen molar-refractivity contribution in [3.8, 4) is 0 Å². The zero-order valence-electron chi connectivity index (χ0n) is 9.08. The number of rotatable bonds is 3. The lowest BCUT2D eigenvalue weighted by molar-refractivity contribution is -0.128. The van der Waals surface area contributed by atoms with Crippen molar-refractivity contribution >= 4 is 5.91 Å². The summed E-state index contributed by atoms with van der Waals surface area (Å²) in [5.74, 6) is 0.186. The van der Waals surface area contributed by atoms with Gasteiger partial charge in [0.25, 0.3) is 0 Å². The van der Waals surface area contributed by atoms with E-state index in [0.717, 1.165) is 6.42 Å². The number of aryl methyl sites for hydroxylation is 2. The van der Waals surface area contributed by atoms with E-state index in [0.29, 0.717) is 6.42 Å². The molecular formula is C12H17NO. The Morgan fingerprint density at radius 3 is 2.29 bits per heavy atom. The predicted molar refractivity (Wildman–Crippen MR) is 58.2 cm³/mol. The average Bonchev–Trinajstić information content (AvgIpc) is 2.16. The van der Waals surface area contributed by atoms with Gasteiger partial charge in [-0.05, 0) is 18.9 Å². The fourth-order valence-electron chi connectivity index (χ4n) is 1.23. The minimum absolute atomic E-state index is 0.186. The number of amides is 1. The monoisotopic (exact) mass is 191 g/mol. The molecule has 0 aliphatic heterocycles. The molecule has 0 aliphatic carbocycles. The van der Waals surface area contributed by atoms with Crippen LogP contribution < -0.4 is 0 Å². The van der Waals surface area contributed by atoms with Gasteiger partial charge in [-0.2, -0.15) is 0 Å². The molecular weight excluding hydrogens is 174 g/mol. The van der Waals surface area contributed by atoms with E-state index in [9.17, 15) is 4.79 Å². The molecule has 76 valence electrons. The first-order valence-electron chi connectivity index (χ1n) is 4.85. The number of carbonyl (C=O) groups excluding carboxylic acids is 1. The van der Waals surface area contributed by atoms with Crippen LogP contribution in [-0.4, -0.2) is 24.9 Å². The van der Waals surface area contributed by atoms with Gasteiger partial charge in [-0.15, -0.1) is 0 Å². The topological polar surface area (TPSA) is 20.3 Å². The summed E-state index contributed by atoms with van der Waals surface area (Å²) in [6.45, 7) is 2.06. The minimum atomic E-state index is 0.186. The van der Waals surface area contributed by atoms with Crippen molar-refractivity contribution in [2.75, 3.05) is 14.1 Å². The molecule has 0 bridgehead atoms. The number of hydrogen-bond donors (Lipinski definition) is 0. The van der Waals surface area contributed by atoms with Gasteiger partial charge in [-0.1, -0.05) is 29.8 Å². The second-order valence-corrected chi connectivity index (χ2v) is 3.77. The molecule has 14 heavy (non-hydrogen) atoms. The van der Waals surface area contributed by atoms with Gasteiger partial charge < -0.3 is 4.90 Å². The van der Waals surface area contributed by atoms with Crippen LogP contribution in [-0.2, 0) is 11.2 Å². The molecule has 1 rings (SSSR count). The molecule has 0 saturated carbocycles. The Hall–Kier alpha value is -1.31. The first-order chi connectivity index (χ1) is 6.59. The van der Waals surface area contributed by atoms with Gasteiger partial charge in [-0.3, -0.25) is 4.79 Å². The number of nitrogens with zero attached hydrogens (tertiary/aromatic N) is 1. The number of benzene rings is 1. The number of carbonyl (C=O) groups is 1. The Morgan fingerprint density at radius 2 is 1.79 bits per heavy atom. The van der Waals surface area contributed by atoms with Gasteiger partial charge in [0.15, 0.2) is 0 Å². The van der Waals surface area contributed by atoms with Crippen molar-refractivity contribution in [1.82, 2.24) is 4.90 Å².